The summed E-state index contributed by atoms with van der Waals surface area (Å²) in [6.45, 7) is 2.76. The lowest BCUT2D eigenvalue weighted by Gasteiger charge is -2.14. The Labute approximate surface area is 219 Å². The molecule has 4 rings (SSSR count). The molecule has 0 unspecified atom stereocenters. The van der Waals surface area contributed by atoms with E-state index in [1.54, 1.807) is 7.11 Å². The van der Waals surface area contributed by atoms with Crippen LogP contribution in [0.4, 0.5) is 4.79 Å². The number of aryl methyl sites for hydroxylation is 1. The monoisotopic (exact) mass is 524 g/mol. The molecule has 0 saturated carbocycles. The Hall–Kier alpha value is -3.92. The number of carbonyl (C=O) groups excluding carboxylic acids is 1. The number of nitrogens with one attached hydrogen (secondary N) is 2. The average Bonchev–Trinajstić information content (AvgIpc) is 3.20. The molecule has 2 heterocycles. The molecule has 1 aliphatic heterocycles. The van der Waals surface area contributed by atoms with E-state index in [4.69, 9.17) is 26.4 Å². The van der Waals surface area contributed by atoms with E-state index >= 15 is 0 Å². The van der Waals surface area contributed by atoms with Gasteiger partial charge in [0.25, 0.3) is 0 Å². The minimum Gasteiger partial charge on any atom is -0.497 e. The van der Waals surface area contributed by atoms with Gasteiger partial charge < -0.3 is 20.5 Å². The first kappa shape index (κ1) is 26.2. The topological polar surface area (TPSA) is 131 Å². The maximum Gasteiger partial charge on any atom is 0.404 e. The number of hydrogen-bond donors (Lipinski definition) is 3. The number of rotatable bonds is 10. The van der Waals surface area contributed by atoms with Gasteiger partial charge in [0.2, 0.25) is 5.91 Å². The van der Waals surface area contributed by atoms with Crippen molar-refractivity contribution in [3.05, 3.63) is 70.3 Å². The Morgan fingerprint density at radius 3 is 2.49 bits per heavy atom. The van der Waals surface area contributed by atoms with Crippen molar-refractivity contribution in [2.24, 2.45) is 4.99 Å². The number of amides is 2. The summed E-state index contributed by atoms with van der Waals surface area (Å²) in [4.78, 5) is 28.5. The molecule has 3 N–H and O–H groups in total. The van der Waals surface area contributed by atoms with Crippen LogP contribution in [-0.4, -0.2) is 57.8 Å². The van der Waals surface area contributed by atoms with Gasteiger partial charge in [-0.15, -0.1) is 10.2 Å². The number of unbranched alkanes of at least 4 members (excludes halogenated alkanes) is 2. The van der Waals surface area contributed by atoms with Gasteiger partial charge in [0.1, 0.15) is 17.6 Å². The summed E-state index contributed by atoms with van der Waals surface area (Å²) < 4.78 is 7.43. The third kappa shape index (κ3) is 6.26. The molecule has 1 aromatic heterocycles. The highest BCUT2D eigenvalue weighted by Crippen LogP contribution is 2.34. The summed E-state index contributed by atoms with van der Waals surface area (Å²) in [5.41, 5.74) is 3.25. The molecule has 2 amide bonds. The standard InChI is InChI=1S/C26H29ClN6O4/c1-16-31-32-25-21(15-23(34)28-12-4-3-5-13-29-26(35)36)30-24(17-6-8-18(27)9-7-17)20-14-19(37-2)10-11-22(20)33(16)25/h6-11,14,21,29H,3-5,12-13,15H2,1-2H3,(H,28,34)(H,35,36)/t21-/m0/s1. The number of aliphatic imine (C=N–C) groups is 1. The van der Waals surface area contributed by atoms with E-state index in [9.17, 15) is 9.59 Å². The van der Waals surface area contributed by atoms with Crippen molar-refractivity contribution in [1.29, 1.82) is 0 Å². The summed E-state index contributed by atoms with van der Waals surface area (Å²) in [5, 5.41) is 23.2. The Bertz CT molecular complexity index is 1300. The van der Waals surface area contributed by atoms with Gasteiger partial charge in [-0.1, -0.05) is 23.7 Å². The molecule has 0 radical (unpaired) electrons. The summed E-state index contributed by atoms with van der Waals surface area (Å²) in [6, 6.07) is 12.6. The zero-order valence-electron chi connectivity index (χ0n) is 20.7. The van der Waals surface area contributed by atoms with E-state index < -0.39 is 12.1 Å². The van der Waals surface area contributed by atoms with E-state index in [0.717, 1.165) is 29.7 Å². The quantitative estimate of drug-likeness (QED) is 0.343. The van der Waals surface area contributed by atoms with Gasteiger partial charge in [0.05, 0.1) is 24.9 Å². The van der Waals surface area contributed by atoms with Crippen LogP contribution in [-0.2, 0) is 4.79 Å². The SMILES string of the molecule is COc1ccc2c(c1)C(c1ccc(Cl)cc1)=N[C@@H](CC(=O)NCCCCCNC(=O)O)c1nnc(C)n1-2. The predicted octanol–water partition coefficient (Wildman–Crippen LogP) is 4.07. The number of methoxy groups -OCH3 is 1. The Balaban J connectivity index is 1.59. The lowest BCUT2D eigenvalue weighted by molar-refractivity contribution is -0.121. The summed E-state index contributed by atoms with van der Waals surface area (Å²) in [6.07, 6.45) is 1.33. The highest BCUT2D eigenvalue weighted by atomic mass is 35.5. The molecule has 11 heteroatoms. The number of fused-ring (bicyclic) bond motifs is 3. The van der Waals surface area contributed by atoms with Gasteiger partial charge in [-0.3, -0.25) is 14.4 Å². The normalized spacial score (nSPS) is 14.1. The zero-order valence-corrected chi connectivity index (χ0v) is 21.5. The van der Waals surface area contributed by atoms with Crippen LogP contribution in [0, 0.1) is 6.92 Å². The smallest absolute Gasteiger partial charge is 0.404 e. The van der Waals surface area contributed by atoms with Gasteiger partial charge in [-0.2, -0.15) is 0 Å². The predicted molar refractivity (Wildman–Crippen MR) is 140 cm³/mol. The fourth-order valence-electron chi connectivity index (χ4n) is 4.27. The van der Waals surface area contributed by atoms with Crippen LogP contribution in [0.3, 0.4) is 0 Å². The lowest BCUT2D eigenvalue weighted by Crippen LogP contribution is -2.27. The molecule has 0 fully saturated rings. The van der Waals surface area contributed by atoms with Crippen molar-refractivity contribution < 1.29 is 19.4 Å². The molecule has 10 nitrogen and oxygen atoms in total. The van der Waals surface area contributed by atoms with Crippen LogP contribution in [0.25, 0.3) is 5.69 Å². The van der Waals surface area contributed by atoms with Gasteiger partial charge in [0, 0.05) is 29.2 Å². The van der Waals surface area contributed by atoms with Crippen molar-refractivity contribution in [2.75, 3.05) is 20.2 Å². The molecule has 2 aromatic carbocycles. The molecular weight excluding hydrogens is 496 g/mol. The first-order valence-electron chi connectivity index (χ1n) is 12.1. The fraction of sp³-hybridized carbons (Fsp3) is 0.346. The van der Waals surface area contributed by atoms with Crippen LogP contribution in [0.2, 0.25) is 5.02 Å². The second-order valence-corrected chi connectivity index (χ2v) is 9.11. The molecule has 1 atom stereocenters. The van der Waals surface area contributed by atoms with Crippen molar-refractivity contribution in [2.45, 2.75) is 38.6 Å². The third-order valence-electron chi connectivity index (χ3n) is 6.08. The number of nitrogens with zero attached hydrogens (tertiary/aromatic N) is 4. The highest BCUT2D eigenvalue weighted by molar-refractivity contribution is 6.30. The summed E-state index contributed by atoms with van der Waals surface area (Å²) in [5.74, 6) is 1.81. The number of carbonyl (C=O) groups is 2. The van der Waals surface area contributed by atoms with Crippen LogP contribution in [0.1, 0.15) is 54.5 Å². The molecule has 3 aromatic rings. The number of benzene rings is 2. The van der Waals surface area contributed by atoms with E-state index in [-0.39, 0.29) is 12.3 Å². The lowest BCUT2D eigenvalue weighted by atomic mass is 10.00. The molecule has 0 aliphatic carbocycles. The van der Waals surface area contributed by atoms with E-state index in [0.29, 0.717) is 47.6 Å². The molecular formula is C26H29ClN6O4. The zero-order chi connectivity index (χ0) is 26.4. The minimum atomic E-state index is -1.03. The second-order valence-electron chi connectivity index (χ2n) is 8.67. The second kappa shape index (κ2) is 11.9. The average molecular weight is 525 g/mol. The Morgan fingerprint density at radius 2 is 1.78 bits per heavy atom. The first-order chi connectivity index (χ1) is 17.9. The van der Waals surface area contributed by atoms with Crippen LogP contribution in [0.15, 0.2) is 47.5 Å². The summed E-state index contributed by atoms with van der Waals surface area (Å²) >= 11 is 6.14. The third-order valence-corrected chi connectivity index (χ3v) is 6.33. The minimum absolute atomic E-state index is 0.0981. The van der Waals surface area contributed by atoms with Crippen LogP contribution in [0.5, 0.6) is 5.75 Å². The van der Waals surface area contributed by atoms with Gasteiger partial charge in [0.15, 0.2) is 5.82 Å². The molecule has 0 spiro atoms. The highest BCUT2D eigenvalue weighted by Gasteiger charge is 2.30. The largest absolute Gasteiger partial charge is 0.497 e. The molecule has 0 saturated heterocycles. The molecule has 0 bridgehead atoms. The molecule has 37 heavy (non-hydrogen) atoms. The van der Waals surface area contributed by atoms with Crippen molar-refractivity contribution in [3.8, 4) is 11.4 Å². The van der Waals surface area contributed by atoms with E-state index in [1.807, 2.05) is 54.0 Å². The van der Waals surface area contributed by atoms with Crippen molar-refractivity contribution in [1.82, 2.24) is 25.4 Å². The Kier molecular flexibility index (Phi) is 8.39. The maximum atomic E-state index is 12.9. The fourth-order valence-corrected chi connectivity index (χ4v) is 4.40. The van der Waals surface area contributed by atoms with E-state index in [2.05, 4.69) is 20.8 Å². The van der Waals surface area contributed by atoms with Crippen molar-refractivity contribution in [3.63, 3.8) is 0 Å². The molecule has 194 valence electrons. The van der Waals surface area contributed by atoms with Gasteiger partial charge >= 0.3 is 6.09 Å². The summed E-state index contributed by atoms with van der Waals surface area (Å²) in [7, 11) is 1.61. The van der Waals surface area contributed by atoms with Crippen LogP contribution < -0.4 is 15.4 Å². The molecule has 1 aliphatic rings. The van der Waals surface area contributed by atoms with E-state index in [1.165, 1.54) is 0 Å². The number of halogens is 1. The number of ether oxygens (including phenoxy) is 1. The number of aromatic nitrogens is 3. The van der Waals surface area contributed by atoms with Crippen LogP contribution >= 0.6 is 11.6 Å². The van der Waals surface area contributed by atoms with Crippen molar-refractivity contribution >= 4 is 29.3 Å². The number of hydrogen-bond acceptors (Lipinski definition) is 6. The maximum absolute atomic E-state index is 12.9. The first-order valence-corrected chi connectivity index (χ1v) is 12.4. The number of carboxylic acid groups (broad SMARTS) is 1. The van der Waals surface area contributed by atoms with Gasteiger partial charge in [-0.25, -0.2) is 4.79 Å². The Morgan fingerprint density at radius 1 is 1.05 bits per heavy atom. The van der Waals surface area contributed by atoms with Gasteiger partial charge in [-0.05, 0) is 56.5 Å².